The molecule has 0 spiro atoms. The highest BCUT2D eigenvalue weighted by Gasteiger charge is 2.20. The van der Waals surface area contributed by atoms with E-state index in [1.54, 1.807) is 12.5 Å². The van der Waals surface area contributed by atoms with Crippen LogP contribution in [0.2, 0.25) is 0 Å². The van der Waals surface area contributed by atoms with Crippen LogP contribution in [0.5, 0.6) is 0 Å². The summed E-state index contributed by atoms with van der Waals surface area (Å²) in [6, 6.07) is 0. The Morgan fingerprint density at radius 1 is 1.33 bits per heavy atom. The van der Waals surface area contributed by atoms with E-state index in [-0.39, 0.29) is 0 Å². The van der Waals surface area contributed by atoms with Crippen LogP contribution in [0.3, 0.4) is 0 Å². The van der Waals surface area contributed by atoms with Gasteiger partial charge in [0, 0.05) is 32.6 Å². The predicted octanol–water partition coefficient (Wildman–Crippen LogP) is 1.15. The Kier molecular flexibility index (Phi) is 3.29. The SMILES string of the molecule is C=CCC1=C(N2CCNCC2)OC=CO1. The van der Waals surface area contributed by atoms with Crippen LogP contribution in [0.25, 0.3) is 0 Å². The molecule has 0 atom stereocenters. The lowest BCUT2D eigenvalue weighted by Gasteiger charge is -2.32. The van der Waals surface area contributed by atoms with Gasteiger partial charge in [0.05, 0.1) is 0 Å². The summed E-state index contributed by atoms with van der Waals surface area (Å²) in [5, 5.41) is 3.30. The zero-order chi connectivity index (χ0) is 10.5. The molecule has 2 heterocycles. The van der Waals surface area contributed by atoms with Crippen LogP contribution in [-0.2, 0) is 9.47 Å². The second-order valence-corrected chi connectivity index (χ2v) is 3.47. The molecule has 0 aromatic rings. The Morgan fingerprint density at radius 3 is 2.80 bits per heavy atom. The van der Waals surface area contributed by atoms with Crippen molar-refractivity contribution in [2.24, 2.45) is 0 Å². The first-order chi connectivity index (χ1) is 7.42. The molecule has 4 nitrogen and oxygen atoms in total. The fourth-order valence-electron chi connectivity index (χ4n) is 1.70. The molecule has 1 fully saturated rings. The van der Waals surface area contributed by atoms with Crippen molar-refractivity contribution in [3.8, 4) is 0 Å². The summed E-state index contributed by atoms with van der Waals surface area (Å²) >= 11 is 0. The van der Waals surface area contributed by atoms with Gasteiger partial charge in [0.2, 0.25) is 5.88 Å². The van der Waals surface area contributed by atoms with E-state index in [1.165, 1.54) is 0 Å². The molecule has 15 heavy (non-hydrogen) atoms. The Balaban J connectivity index is 2.10. The molecule has 0 saturated carbocycles. The third-order valence-corrected chi connectivity index (χ3v) is 2.42. The maximum atomic E-state index is 5.51. The van der Waals surface area contributed by atoms with Crippen LogP contribution >= 0.6 is 0 Å². The summed E-state index contributed by atoms with van der Waals surface area (Å²) < 4.78 is 10.9. The van der Waals surface area contributed by atoms with E-state index >= 15 is 0 Å². The number of allylic oxidation sites excluding steroid dienone is 1. The van der Waals surface area contributed by atoms with Crippen LogP contribution in [-0.4, -0.2) is 31.1 Å². The minimum atomic E-state index is 0.698. The van der Waals surface area contributed by atoms with Crippen LogP contribution in [0.15, 0.2) is 36.8 Å². The van der Waals surface area contributed by atoms with Crippen LogP contribution in [0.1, 0.15) is 6.42 Å². The van der Waals surface area contributed by atoms with E-state index in [2.05, 4.69) is 16.8 Å². The highest BCUT2D eigenvalue weighted by Crippen LogP contribution is 2.21. The van der Waals surface area contributed by atoms with Crippen molar-refractivity contribution < 1.29 is 9.47 Å². The quantitative estimate of drug-likeness (QED) is 0.706. The second-order valence-electron chi connectivity index (χ2n) is 3.47. The summed E-state index contributed by atoms with van der Waals surface area (Å²) in [6.45, 7) is 7.58. The van der Waals surface area contributed by atoms with E-state index in [1.807, 2.05) is 6.08 Å². The molecule has 4 heteroatoms. The van der Waals surface area contributed by atoms with Gasteiger partial charge in [-0.1, -0.05) is 6.08 Å². The standard InChI is InChI=1S/C11H16N2O2/c1-2-3-10-11(15-9-8-14-10)13-6-4-12-5-7-13/h2,8-9,12H,1,3-7H2. The summed E-state index contributed by atoms with van der Waals surface area (Å²) in [5.41, 5.74) is 0. The Labute approximate surface area is 89.8 Å². The minimum Gasteiger partial charge on any atom is -0.460 e. The molecule has 2 aliphatic rings. The molecule has 1 N–H and O–H groups in total. The van der Waals surface area contributed by atoms with Gasteiger partial charge < -0.3 is 19.7 Å². The molecule has 0 bridgehead atoms. The van der Waals surface area contributed by atoms with Crippen LogP contribution in [0.4, 0.5) is 0 Å². The molecule has 2 rings (SSSR count). The Morgan fingerprint density at radius 2 is 2.07 bits per heavy atom. The number of piperazine rings is 1. The van der Waals surface area contributed by atoms with Crippen LogP contribution < -0.4 is 5.32 Å². The number of rotatable bonds is 3. The minimum absolute atomic E-state index is 0.698. The van der Waals surface area contributed by atoms with Gasteiger partial charge in [-0.2, -0.15) is 0 Å². The lowest BCUT2D eigenvalue weighted by Crippen LogP contribution is -2.43. The number of hydrogen-bond donors (Lipinski definition) is 1. The smallest absolute Gasteiger partial charge is 0.234 e. The number of hydrogen-bond acceptors (Lipinski definition) is 4. The van der Waals surface area contributed by atoms with Gasteiger partial charge in [0.15, 0.2) is 5.76 Å². The normalized spacial score (nSPS) is 20.9. The molecule has 0 radical (unpaired) electrons. The molecule has 82 valence electrons. The number of nitrogens with zero attached hydrogens (tertiary/aromatic N) is 1. The lowest BCUT2D eigenvalue weighted by atomic mass is 10.3. The zero-order valence-electron chi connectivity index (χ0n) is 8.74. The monoisotopic (exact) mass is 208 g/mol. The highest BCUT2D eigenvalue weighted by molar-refractivity contribution is 5.10. The topological polar surface area (TPSA) is 33.7 Å². The zero-order valence-corrected chi connectivity index (χ0v) is 8.74. The van der Waals surface area contributed by atoms with Gasteiger partial charge in [0.25, 0.3) is 0 Å². The maximum absolute atomic E-state index is 5.51. The molecule has 0 aromatic heterocycles. The largest absolute Gasteiger partial charge is 0.460 e. The third-order valence-electron chi connectivity index (χ3n) is 2.42. The van der Waals surface area contributed by atoms with Gasteiger partial charge in [-0.15, -0.1) is 6.58 Å². The van der Waals surface area contributed by atoms with Gasteiger partial charge >= 0.3 is 0 Å². The van der Waals surface area contributed by atoms with E-state index in [0.29, 0.717) is 6.42 Å². The van der Waals surface area contributed by atoms with Crippen molar-refractivity contribution in [3.05, 3.63) is 36.8 Å². The van der Waals surface area contributed by atoms with E-state index in [0.717, 1.165) is 37.8 Å². The molecular formula is C11H16N2O2. The Hall–Kier alpha value is -1.42. The third kappa shape index (κ3) is 2.33. The van der Waals surface area contributed by atoms with E-state index in [9.17, 15) is 0 Å². The van der Waals surface area contributed by atoms with Gasteiger partial charge in [0.1, 0.15) is 12.5 Å². The van der Waals surface area contributed by atoms with Crippen LogP contribution in [0, 0.1) is 0 Å². The highest BCUT2D eigenvalue weighted by atomic mass is 16.6. The summed E-state index contributed by atoms with van der Waals surface area (Å²) in [5.74, 6) is 1.67. The van der Waals surface area contributed by atoms with Crippen molar-refractivity contribution >= 4 is 0 Å². The first-order valence-corrected chi connectivity index (χ1v) is 5.20. The van der Waals surface area contributed by atoms with Gasteiger partial charge in [-0.3, -0.25) is 0 Å². The molecule has 1 saturated heterocycles. The second kappa shape index (κ2) is 4.89. The molecule has 0 amide bonds. The number of nitrogens with one attached hydrogen (secondary N) is 1. The van der Waals surface area contributed by atoms with Crippen molar-refractivity contribution in [3.63, 3.8) is 0 Å². The Bertz CT molecular complexity index is 287. The molecule has 0 aliphatic carbocycles. The lowest BCUT2D eigenvalue weighted by molar-refractivity contribution is 0.116. The average molecular weight is 208 g/mol. The predicted molar refractivity (Wildman–Crippen MR) is 57.6 cm³/mol. The van der Waals surface area contributed by atoms with Gasteiger partial charge in [-0.05, 0) is 0 Å². The van der Waals surface area contributed by atoms with E-state index in [4.69, 9.17) is 9.47 Å². The summed E-state index contributed by atoms with van der Waals surface area (Å²) in [4.78, 5) is 2.19. The van der Waals surface area contributed by atoms with Gasteiger partial charge in [-0.25, -0.2) is 0 Å². The van der Waals surface area contributed by atoms with E-state index < -0.39 is 0 Å². The molecular weight excluding hydrogens is 192 g/mol. The van der Waals surface area contributed by atoms with Crippen molar-refractivity contribution in [2.45, 2.75) is 6.42 Å². The fraction of sp³-hybridized carbons (Fsp3) is 0.455. The van der Waals surface area contributed by atoms with Crippen molar-refractivity contribution in [1.29, 1.82) is 0 Å². The molecule has 0 aromatic carbocycles. The van der Waals surface area contributed by atoms with Crippen molar-refractivity contribution in [2.75, 3.05) is 26.2 Å². The number of ether oxygens (including phenoxy) is 2. The average Bonchev–Trinajstić information content (AvgIpc) is 2.31. The summed E-state index contributed by atoms with van der Waals surface area (Å²) in [6.07, 6.45) is 5.65. The maximum Gasteiger partial charge on any atom is 0.234 e. The fourth-order valence-corrected chi connectivity index (χ4v) is 1.70. The molecule has 0 unspecified atom stereocenters. The molecule has 2 aliphatic heterocycles. The van der Waals surface area contributed by atoms with Crippen molar-refractivity contribution in [1.82, 2.24) is 10.2 Å². The summed E-state index contributed by atoms with van der Waals surface area (Å²) in [7, 11) is 0. The first-order valence-electron chi connectivity index (χ1n) is 5.20. The first kappa shape index (κ1) is 10.1.